The molecule has 4 rings (SSSR count). The summed E-state index contributed by atoms with van der Waals surface area (Å²) in [4.78, 5) is 0. The predicted molar refractivity (Wildman–Crippen MR) is 99.4 cm³/mol. The molecule has 0 saturated heterocycles. The van der Waals surface area contributed by atoms with Crippen LogP contribution in [0.25, 0.3) is 32.3 Å². The van der Waals surface area contributed by atoms with Crippen LogP contribution in [0.15, 0.2) is 66.7 Å². The van der Waals surface area contributed by atoms with Crippen molar-refractivity contribution in [1.82, 2.24) is 0 Å². The third kappa shape index (κ3) is 2.33. The van der Waals surface area contributed by atoms with Gasteiger partial charge in [0.1, 0.15) is 5.75 Å². The van der Waals surface area contributed by atoms with Crippen LogP contribution in [0.4, 0.5) is 0 Å². The molecule has 4 aromatic carbocycles. The van der Waals surface area contributed by atoms with Crippen molar-refractivity contribution < 1.29 is 4.74 Å². The summed E-state index contributed by atoms with van der Waals surface area (Å²) in [6.07, 6.45) is 2.23. The highest BCUT2D eigenvalue weighted by Gasteiger charge is 2.11. The molecule has 1 nitrogen and oxygen atoms in total. The van der Waals surface area contributed by atoms with Gasteiger partial charge in [0.15, 0.2) is 0 Å². The molecule has 0 aliphatic rings. The third-order valence-corrected chi connectivity index (χ3v) is 4.49. The van der Waals surface area contributed by atoms with E-state index in [0.29, 0.717) is 0 Å². The molecule has 0 aromatic heterocycles. The zero-order valence-electron chi connectivity index (χ0n) is 13.4. The molecule has 0 aliphatic carbocycles. The van der Waals surface area contributed by atoms with Crippen molar-refractivity contribution in [2.75, 3.05) is 6.61 Å². The lowest BCUT2D eigenvalue weighted by Gasteiger charge is -2.14. The second kappa shape index (κ2) is 5.92. The van der Waals surface area contributed by atoms with Crippen molar-refractivity contribution in [3.8, 4) is 5.75 Å². The van der Waals surface area contributed by atoms with Crippen LogP contribution in [0.2, 0.25) is 0 Å². The van der Waals surface area contributed by atoms with Crippen LogP contribution in [-0.4, -0.2) is 6.61 Å². The number of benzene rings is 4. The standard InChI is InChI=1S/C22H20O/c1-2-3-15-23-21-14-8-13-20-18-10-5-4-9-16(18)17-11-6-7-12-19(17)22(20)21/h4-14H,2-3,15H2,1H3. The largest absolute Gasteiger partial charge is 0.493 e. The molecule has 0 heterocycles. The minimum atomic E-state index is 0.775. The van der Waals surface area contributed by atoms with Crippen molar-refractivity contribution in [2.24, 2.45) is 0 Å². The van der Waals surface area contributed by atoms with Gasteiger partial charge < -0.3 is 4.74 Å². The monoisotopic (exact) mass is 300 g/mol. The predicted octanol–water partition coefficient (Wildman–Crippen LogP) is 6.33. The molecule has 114 valence electrons. The van der Waals surface area contributed by atoms with E-state index in [1.54, 1.807) is 0 Å². The molecule has 0 spiro atoms. The van der Waals surface area contributed by atoms with Gasteiger partial charge in [-0.05, 0) is 39.4 Å². The fraction of sp³-hybridized carbons (Fsp3) is 0.182. The van der Waals surface area contributed by atoms with Gasteiger partial charge in [-0.25, -0.2) is 0 Å². The zero-order valence-corrected chi connectivity index (χ0v) is 13.4. The van der Waals surface area contributed by atoms with Gasteiger partial charge in [0.05, 0.1) is 6.61 Å². The van der Waals surface area contributed by atoms with Gasteiger partial charge in [-0.2, -0.15) is 0 Å². The lowest BCUT2D eigenvalue weighted by atomic mass is 9.94. The molecule has 0 atom stereocenters. The van der Waals surface area contributed by atoms with Crippen LogP contribution in [0.3, 0.4) is 0 Å². The van der Waals surface area contributed by atoms with Crippen LogP contribution in [0.1, 0.15) is 19.8 Å². The molecule has 4 aromatic rings. The highest BCUT2D eigenvalue weighted by molar-refractivity contribution is 6.26. The average molecular weight is 300 g/mol. The van der Waals surface area contributed by atoms with Gasteiger partial charge in [0, 0.05) is 5.39 Å². The van der Waals surface area contributed by atoms with Gasteiger partial charge in [-0.15, -0.1) is 0 Å². The molecule has 0 unspecified atom stereocenters. The number of hydrogen-bond donors (Lipinski definition) is 0. The summed E-state index contributed by atoms with van der Waals surface area (Å²) < 4.78 is 6.12. The topological polar surface area (TPSA) is 9.23 Å². The van der Waals surface area contributed by atoms with E-state index in [2.05, 4.69) is 73.7 Å². The van der Waals surface area contributed by atoms with Gasteiger partial charge in [0.25, 0.3) is 0 Å². The maximum atomic E-state index is 6.12. The minimum Gasteiger partial charge on any atom is -0.493 e. The molecule has 0 N–H and O–H groups in total. The Morgan fingerprint density at radius 2 is 1.17 bits per heavy atom. The summed E-state index contributed by atoms with van der Waals surface area (Å²) >= 11 is 0. The van der Waals surface area contributed by atoms with E-state index >= 15 is 0 Å². The van der Waals surface area contributed by atoms with Crippen molar-refractivity contribution in [2.45, 2.75) is 19.8 Å². The van der Waals surface area contributed by atoms with Crippen molar-refractivity contribution in [3.63, 3.8) is 0 Å². The first-order valence-corrected chi connectivity index (χ1v) is 8.35. The van der Waals surface area contributed by atoms with Crippen LogP contribution in [0.5, 0.6) is 5.75 Å². The number of unbranched alkanes of at least 4 members (excludes halogenated alkanes) is 1. The SMILES string of the molecule is CCCCOc1cccc2c3ccccc3c3ccccc3c12. The van der Waals surface area contributed by atoms with Crippen molar-refractivity contribution >= 4 is 32.3 Å². The normalized spacial score (nSPS) is 11.3. The highest BCUT2D eigenvalue weighted by atomic mass is 16.5. The number of hydrogen-bond acceptors (Lipinski definition) is 1. The Labute approximate surface area is 136 Å². The minimum absolute atomic E-state index is 0.775. The molecule has 0 radical (unpaired) electrons. The summed E-state index contributed by atoms with van der Waals surface area (Å²) in [6.45, 7) is 2.96. The van der Waals surface area contributed by atoms with Crippen LogP contribution in [0, 0.1) is 0 Å². The van der Waals surface area contributed by atoms with Gasteiger partial charge >= 0.3 is 0 Å². The molecule has 0 aliphatic heterocycles. The molecule has 23 heavy (non-hydrogen) atoms. The number of fused-ring (bicyclic) bond motifs is 6. The first-order valence-electron chi connectivity index (χ1n) is 8.35. The van der Waals surface area contributed by atoms with Gasteiger partial charge in [0.2, 0.25) is 0 Å². The maximum absolute atomic E-state index is 6.12. The lowest BCUT2D eigenvalue weighted by Crippen LogP contribution is -1.97. The van der Waals surface area contributed by atoms with Crippen molar-refractivity contribution in [1.29, 1.82) is 0 Å². The van der Waals surface area contributed by atoms with Gasteiger partial charge in [-0.1, -0.05) is 74.0 Å². The van der Waals surface area contributed by atoms with Crippen LogP contribution < -0.4 is 4.74 Å². The van der Waals surface area contributed by atoms with E-state index in [4.69, 9.17) is 4.74 Å². The molecule has 0 bridgehead atoms. The summed E-state index contributed by atoms with van der Waals surface area (Å²) in [5.41, 5.74) is 0. The Morgan fingerprint density at radius 1 is 0.652 bits per heavy atom. The first-order chi connectivity index (χ1) is 11.4. The second-order valence-corrected chi connectivity index (χ2v) is 5.97. The lowest BCUT2D eigenvalue weighted by molar-refractivity contribution is 0.313. The van der Waals surface area contributed by atoms with E-state index in [-0.39, 0.29) is 0 Å². The summed E-state index contributed by atoms with van der Waals surface area (Å²) in [5, 5.41) is 7.67. The van der Waals surface area contributed by atoms with E-state index in [0.717, 1.165) is 25.2 Å². The molecule has 0 amide bonds. The van der Waals surface area contributed by atoms with Gasteiger partial charge in [-0.3, -0.25) is 0 Å². The smallest absolute Gasteiger partial charge is 0.127 e. The highest BCUT2D eigenvalue weighted by Crippen LogP contribution is 2.39. The van der Waals surface area contributed by atoms with E-state index in [1.807, 2.05) is 0 Å². The molecular formula is C22H20O. The fourth-order valence-electron chi connectivity index (χ4n) is 3.37. The first kappa shape index (κ1) is 14.1. The van der Waals surface area contributed by atoms with Crippen LogP contribution >= 0.6 is 0 Å². The molecular weight excluding hydrogens is 280 g/mol. The van der Waals surface area contributed by atoms with E-state index in [9.17, 15) is 0 Å². The third-order valence-electron chi connectivity index (χ3n) is 4.49. The summed E-state index contributed by atoms with van der Waals surface area (Å²) in [7, 11) is 0. The Morgan fingerprint density at radius 3 is 1.78 bits per heavy atom. The number of ether oxygens (including phenoxy) is 1. The Balaban J connectivity index is 2.10. The molecule has 1 heteroatoms. The summed E-state index contributed by atoms with van der Waals surface area (Å²) in [6, 6.07) is 23.7. The molecule has 0 fully saturated rings. The Bertz CT molecular complexity index is 940. The number of rotatable bonds is 4. The quantitative estimate of drug-likeness (QED) is 0.316. The maximum Gasteiger partial charge on any atom is 0.127 e. The Hall–Kier alpha value is -2.54. The van der Waals surface area contributed by atoms with E-state index < -0.39 is 0 Å². The Kier molecular flexibility index (Phi) is 3.63. The van der Waals surface area contributed by atoms with Crippen molar-refractivity contribution in [3.05, 3.63) is 66.7 Å². The van der Waals surface area contributed by atoms with Crippen LogP contribution in [-0.2, 0) is 0 Å². The second-order valence-electron chi connectivity index (χ2n) is 5.97. The fourth-order valence-corrected chi connectivity index (χ4v) is 3.37. The summed E-state index contributed by atoms with van der Waals surface area (Å²) in [5.74, 6) is 0.998. The average Bonchev–Trinajstić information content (AvgIpc) is 2.62. The zero-order chi connectivity index (χ0) is 15.6. The van der Waals surface area contributed by atoms with E-state index in [1.165, 1.54) is 32.3 Å². The molecule has 0 saturated carbocycles.